The second kappa shape index (κ2) is 13.1. The molecule has 3 unspecified atom stereocenters. The van der Waals surface area contributed by atoms with Crippen LogP contribution in [-0.2, 0) is 9.47 Å². The van der Waals surface area contributed by atoms with Gasteiger partial charge >= 0.3 is 0 Å². The lowest BCUT2D eigenvalue weighted by atomic mass is 9.93. The van der Waals surface area contributed by atoms with Gasteiger partial charge in [0, 0.05) is 25.7 Å². The van der Waals surface area contributed by atoms with Crippen molar-refractivity contribution in [3.8, 4) is 0 Å². The first-order chi connectivity index (χ1) is 12.9. The maximum atomic E-state index is 5.92. The lowest BCUT2D eigenvalue weighted by Gasteiger charge is -2.40. The summed E-state index contributed by atoms with van der Waals surface area (Å²) in [5.74, 6) is 1.39. The highest BCUT2D eigenvalue weighted by atomic mass is 16.5. The minimum absolute atomic E-state index is 0.481. The van der Waals surface area contributed by atoms with E-state index in [2.05, 4.69) is 56.8 Å². The fourth-order valence-electron chi connectivity index (χ4n) is 3.64. The second-order valence-electron chi connectivity index (χ2n) is 7.89. The van der Waals surface area contributed by atoms with Gasteiger partial charge in [-0.15, -0.1) is 0 Å². The Hall–Kier alpha value is -1.10. The van der Waals surface area contributed by atoms with Gasteiger partial charge in [-0.3, -0.25) is 4.90 Å². The predicted octanol–water partition coefficient (Wildman–Crippen LogP) is 4.54. The summed E-state index contributed by atoms with van der Waals surface area (Å²) in [4.78, 5) is 2.69. The molecule has 0 aliphatic carbocycles. The summed E-state index contributed by atoms with van der Waals surface area (Å²) in [7, 11) is 3.79. The Kier molecular flexibility index (Phi) is 11.7. The van der Waals surface area contributed by atoms with Crippen molar-refractivity contribution in [3.05, 3.63) is 35.6 Å². The number of likely N-dealkylation sites (tertiary alicyclic amines) is 1. The van der Waals surface area contributed by atoms with E-state index < -0.39 is 0 Å². The molecule has 1 heterocycles. The molecule has 4 heteroatoms. The average molecular weight is 379 g/mol. The molecule has 0 aromatic rings. The van der Waals surface area contributed by atoms with Gasteiger partial charge in [-0.1, -0.05) is 38.5 Å². The molecule has 1 saturated heterocycles. The van der Waals surface area contributed by atoms with Gasteiger partial charge in [0.2, 0.25) is 0 Å². The quantitative estimate of drug-likeness (QED) is 0.307. The normalized spacial score (nSPS) is 23.3. The summed E-state index contributed by atoms with van der Waals surface area (Å²) in [6.07, 6.45) is 9.45. The molecule has 0 aromatic carbocycles. The Morgan fingerprint density at radius 1 is 1.33 bits per heavy atom. The summed E-state index contributed by atoms with van der Waals surface area (Å²) >= 11 is 0. The van der Waals surface area contributed by atoms with Crippen molar-refractivity contribution < 1.29 is 9.47 Å². The average Bonchev–Trinajstić information content (AvgIpc) is 2.65. The van der Waals surface area contributed by atoms with Crippen LogP contribution < -0.4 is 5.32 Å². The number of methoxy groups -OCH3 is 1. The molecule has 0 saturated carbocycles. The molecule has 0 bridgehead atoms. The molecule has 27 heavy (non-hydrogen) atoms. The number of nitrogens with one attached hydrogen (secondary N) is 1. The van der Waals surface area contributed by atoms with Crippen LogP contribution in [0.2, 0.25) is 0 Å². The minimum atomic E-state index is 0.481. The van der Waals surface area contributed by atoms with E-state index in [1.165, 1.54) is 32.2 Å². The van der Waals surface area contributed by atoms with Crippen molar-refractivity contribution in [2.24, 2.45) is 5.92 Å². The molecule has 0 radical (unpaired) electrons. The van der Waals surface area contributed by atoms with Crippen molar-refractivity contribution >= 4 is 0 Å². The Bertz CT molecular complexity index is 499. The highest BCUT2D eigenvalue weighted by Gasteiger charge is 2.27. The Balaban J connectivity index is 2.71. The Morgan fingerprint density at radius 2 is 2.07 bits per heavy atom. The first kappa shape index (κ1) is 23.9. The van der Waals surface area contributed by atoms with Gasteiger partial charge in [0.25, 0.3) is 0 Å². The molecular formula is C23H42N2O2. The number of nitrogens with zero attached hydrogens (tertiary/aromatic N) is 1. The number of hydrogen-bond donors (Lipinski definition) is 1. The lowest BCUT2D eigenvalue weighted by molar-refractivity contribution is 0.109. The predicted molar refractivity (Wildman–Crippen MR) is 116 cm³/mol. The molecule has 0 spiro atoms. The molecule has 1 fully saturated rings. The highest BCUT2D eigenvalue weighted by Crippen LogP contribution is 2.23. The first-order valence-electron chi connectivity index (χ1n) is 10.5. The zero-order chi connectivity index (χ0) is 20.2. The van der Waals surface area contributed by atoms with Crippen LogP contribution in [0.4, 0.5) is 0 Å². The largest absolute Gasteiger partial charge is 0.491 e. The van der Waals surface area contributed by atoms with E-state index in [4.69, 9.17) is 9.47 Å². The van der Waals surface area contributed by atoms with Gasteiger partial charge in [-0.05, 0) is 64.3 Å². The van der Waals surface area contributed by atoms with Crippen molar-refractivity contribution in [1.82, 2.24) is 10.2 Å². The summed E-state index contributed by atoms with van der Waals surface area (Å²) < 4.78 is 11.0. The topological polar surface area (TPSA) is 33.7 Å². The maximum Gasteiger partial charge on any atom is 0.122 e. The van der Waals surface area contributed by atoms with E-state index in [9.17, 15) is 0 Å². The molecule has 3 atom stereocenters. The van der Waals surface area contributed by atoms with Gasteiger partial charge in [-0.2, -0.15) is 0 Å². The van der Waals surface area contributed by atoms with Crippen molar-refractivity contribution in [1.29, 1.82) is 0 Å². The standard InChI is InChI=1S/C23H42N2O2/c1-8-9-22-16-21(24-6)12-13-25(22)17-19(4)10-11-23(20(5)18(2)3)27-15-14-26-7/h10-11,19,21-22,24H,2,8-9,12-17H2,1,3-7H3/b11-10-,23-20+. The zero-order valence-electron chi connectivity index (χ0n) is 18.5. The van der Waals surface area contributed by atoms with Crippen molar-refractivity contribution in [2.75, 3.05) is 40.5 Å². The van der Waals surface area contributed by atoms with E-state index in [0.29, 0.717) is 31.2 Å². The van der Waals surface area contributed by atoms with Crippen LogP contribution >= 0.6 is 0 Å². The monoisotopic (exact) mass is 378 g/mol. The molecule has 0 amide bonds. The van der Waals surface area contributed by atoms with Gasteiger partial charge in [0.05, 0.1) is 6.61 Å². The summed E-state index contributed by atoms with van der Waals surface area (Å²) in [6, 6.07) is 1.37. The molecule has 4 nitrogen and oxygen atoms in total. The van der Waals surface area contributed by atoms with Crippen molar-refractivity contribution in [2.45, 2.75) is 65.5 Å². The fourth-order valence-corrected chi connectivity index (χ4v) is 3.64. The van der Waals surface area contributed by atoms with Gasteiger partial charge in [-0.25, -0.2) is 0 Å². The van der Waals surface area contributed by atoms with Gasteiger partial charge < -0.3 is 14.8 Å². The third-order valence-corrected chi connectivity index (χ3v) is 5.52. The first-order valence-corrected chi connectivity index (χ1v) is 10.5. The SMILES string of the molecule is C=C(C)/C(C)=C(\C=C/C(C)CN1CCC(NC)CC1CCC)OCCOC. The van der Waals surface area contributed by atoms with E-state index in [1.54, 1.807) is 7.11 Å². The van der Waals surface area contributed by atoms with Crippen LogP contribution in [0.15, 0.2) is 35.6 Å². The van der Waals surface area contributed by atoms with E-state index in [-0.39, 0.29) is 0 Å². The van der Waals surface area contributed by atoms with Gasteiger partial charge in [0.1, 0.15) is 12.4 Å². The Labute approximate surface area is 167 Å². The summed E-state index contributed by atoms with van der Waals surface area (Å²) in [5.41, 5.74) is 2.14. The third-order valence-electron chi connectivity index (χ3n) is 5.52. The summed E-state index contributed by atoms with van der Waals surface area (Å²) in [5, 5.41) is 3.47. The van der Waals surface area contributed by atoms with Crippen molar-refractivity contribution in [3.63, 3.8) is 0 Å². The molecule has 0 aromatic heterocycles. The Morgan fingerprint density at radius 3 is 2.67 bits per heavy atom. The molecule has 156 valence electrons. The van der Waals surface area contributed by atoms with Crippen LogP contribution in [0.3, 0.4) is 0 Å². The molecule has 1 rings (SSSR count). The summed E-state index contributed by atoms with van der Waals surface area (Å²) in [6.45, 7) is 16.2. The number of hydrogen-bond acceptors (Lipinski definition) is 4. The molecule has 1 aliphatic rings. The van der Waals surface area contributed by atoms with E-state index in [1.807, 2.05) is 6.92 Å². The molecule has 1 aliphatic heterocycles. The zero-order valence-corrected chi connectivity index (χ0v) is 18.5. The van der Waals surface area contributed by atoms with Gasteiger partial charge in [0.15, 0.2) is 0 Å². The number of rotatable bonds is 12. The number of ether oxygens (including phenoxy) is 2. The van der Waals surface area contributed by atoms with Crippen LogP contribution in [-0.4, -0.2) is 57.4 Å². The lowest BCUT2D eigenvalue weighted by Crippen LogP contribution is -2.49. The smallest absolute Gasteiger partial charge is 0.122 e. The number of allylic oxidation sites excluding steroid dienone is 3. The van der Waals surface area contributed by atoms with E-state index >= 15 is 0 Å². The van der Waals surface area contributed by atoms with Crippen LogP contribution in [0, 0.1) is 5.92 Å². The number of piperidine rings is 1. The molecular weight excluding hydrogens is 336 g/mol. The maximum absolute atomic E-state index is 5.92. The fraction of sp³-hybridized carbons (Fsp3) is 0.739. The van der Waals surface area contributed by atoms with Crippen LogP contribution in [0.25, 0.3) is 0 Å². The highest BCUT2D eigenvalue weighted by molar-refractivity contribution is 5.32. The third kappa shape index (κ3) is 8.63. The van der Waals surface area contributed by atoms with Crippen LogP contribution in [0.1, 0.15) is 53.4 Å². The van der Waals surface area contributed by atoms with E-state index in [0.717, 1.165) is 23.5 Å². The minimum Gasteiger partial charge on any atom is -0.491 e. The van der Waals surface area contributed by atoms with Crippen LogP contribution in [0.5, 0.6) is 0 Å². The molecule has 1 N–H and O–H groups in total. The second-order valence-corrected chi connectivity index (χ2v) is 7.89.